The quantitative estimate of drug-likeness (QED) is 0.453. The van der Waals surface area contributed by atoms with Gasteiger partial charge in [0.05, 0.1) is 10.6 Å². The normalized spacial score (nSPS) is 11.4. The van der Waals surface area contributed by atoms with Crippen LogP contribution in [0.3, 0.4) is 0 Å². The number of carboxylic acids is 1. The number of amides is 2. The predicted octanol–water partition coefficient (Wildman–Crippen LogP) is 4.29. The lowest BCUT2D eigenvalue weighted by Crippen LogP contribution is -2.46. The van der Waals surface area contributed by atoms with Gasteiger partial charge in [-0.05, 0) is 35.2 Å². The number of rotatable bonds is 9. The summed E-state index contributed by atoms with van der Waals surface area (Å²) in [6.07, 6.45) is -0.300. The van der Waals surface area contributed by atoms with E-state index in [9.17, 15) is 14.4 Å². The third kappa shape index (κ3) is 6.43. The molecule has 2 amide bonds. The van der Waals surface area contributed by atoms with E-state index >= 15 is 0 Å². The first-order chi connectivity index (χ1) is 15.4. The number of carbonyl (C=O) groups is 3. The van der Waals surface area contributed by atoms with Gasteiger partial charge in [-0.3, -0.25) is 14.4 Å². The Balaban J connectivity index is 1.71. The number of carbonyl (C=O) groups excluding carboxylic acids is 2. The van der Waals surface area contributed by atoms with Gasteiger partial charge in [0.1, 0.15) is 6.04 Å². The minimum Gasteiger partial charge on any atom is -0.481 e. The van der Waals surface area contributed by atoms with Gasteiger partial charge in [-0.25, -0.2) is 0 Å². The van der Waals surface area contributed by atoms with E-state index < -0.39 is 23.8 Å². The SMILES string of the molecule is O=C(O)CC[C@H](NC(=O)c1ccc(-c2ccccc2)cc1Cl)C(=O)NCc1ccccc1. The Bertz CT molecular complexity index is 1090. The van der Waals surface area contributed by atoms with Crippen LogP contribution in [0, 0.1) is 0 Å². The minimum atomic E-state index is -1.05. The van der Waals surface area contributed by atoms with Crippen molar-refractivity contribution in [3.05, 3.63) is 95.0 Å². The van der Waals surface area contributed by atoms with Crippen LogP contribution < -0.4 is 10.6 Å². The highest BCUT2D eigenvalue weighted by molar-refractivity contribution is 6.34. The minimum absolute atomic E-state index is 0.0403. The number of aliphatic carboxylic acids is 1. The second-order valence-electron chi connectivity index (χ2n) is 7.22. The van der Waals surface area contributed by atoms with Gasteiger partial charge in [-0.2, -0.15) is 0 Å². The van der Waals surface area contributed by atoms with Crippen LogP contribution in [-0.4, -0.2) is 28.9 Å². The molecule has 0 saturated heterocycles. The number of nitrogens with one attached hydrogen (secondary N) is 2. The molecule has 0 radical (unpaired) electrons. The van der Waals surface area contributed by atoms with Crippen LogP contribution >= 0.6 is 11.6 Å². The fourth-order valence-electron chi connectivity index (χ4n) is 3.19. The fraction of sp³-hybridized carbons (Fsp3) is 0.160. The molecule has 3 aromatic carbocycles. The second kappa shape index (κ2) is 11.1. The van der Waals surface area contributed by atoms with Gasteiger partial charge in [0.15, 0.2) is 0 Å². The van der Waals surface area contributed by atoms with Crippen LogP contribution in [0.1, 0.15) is 28.8 Å². The molecule has 0 aliphatic carbocycles. The van der Waals surface area contributed by atoms with E-state index in [-0.39, 0.29) is 30.0 Å². The zero-order valence-corrected chi connectivity index (χ0v) is 18.0. The Morgan fingerprint density at radius 3 is 2.16 bits per heavy atom. The molecule has 0 unspecified atom stereocenters. The van der Waals surface area contributed by atoms with Crippen molar-refractivity contribution in [1.82, 2.24) is 10.6 Å². The molecule has 3 aromatic rings. The second-order valence-corrected chi connectivity index (χ2v) is 7.63. The first-order valence-corrected chi connectivity index (χ1v) is 10.5. The maximum atomic E-state index is 12.8. The van der Waals surface area contributed by atoms with E-state index in [1.54, 1.807) is 18.2 Å². The van der Waals surface area contributed by atoms with Gasteiger partial charge >= 0.3 is 5.97 Å². The van der Waals surface area contributed by atoms with Gasteiger partial charge < -0.3 is 15.7 Å². The summed E-state index contributed by atoms with van der Waals surface area (Å²) in [5.41, 5.74) is 2.92. The summed E-state index contributed by atoms with van der Waals surface area (Å²) in [5.74, 6) is -2.05. The number of hydrogen-bond acceptors (Lipinski definition) is 3. The molecule has 0 fully saturated rings. The highest BCUT2D eigenvalue weighted by Crippen LogP contribution is 2.25. The van der Waals surface area contributed by atoms with Crippen LogP contribution in [0.25, 0.3) is 11.1 Å². The lowest BCUT2D eigenvalue weighted by Gasteiger charge is -2.18. The van der Waals surface area contributed by atoms with Crippen molar-refractivity contribution in [1.29, 1.82) is 0 Å². The molecular formula is C25H23ClN2O4. The van der Waals surface area contributed by atoms with Crippen molar-refractivity contribution in [2.45, 2.75) is 25.4 Å². The third-order valence-electron chi connectivity index (χ3n) is 4.90. The molecule has 0 aromatic heterocycles. The van der Waals surface area contributed by atoms with Crippen molar-refractivity contribution >= 4 is 29.4 Å². The van der Waals surface area contributed by atoms with E-state index in [4.69, 9.17) is 16.7 Å². The van der Waals surface area contributed by atoms with Crippen molar-refractivity contribution in [2.24, 2.45) is 0 Å². The van der Waals surface area contributed by atoms with Crippen molar-refractivity contribution in [2.75, 3.05) is 0 Å². The summed E-state index contributed by atoms with van der Waals surface area (Å²) in [4.78, 5) is 36.5. The van der Waals surface area contributed by atoms with Crippen LogP contribution in [0.15, 0.2) is 78.9 Å². The largest absolute Gasteiger partial charge is 0.481 e. The molecule has 0 aliphatic heterocycles. The van der Waals surface area contributed by atoms with E-state index in [0.717, 1.165) is 16.7 Å². The van der Waals surface area contributed by atoms with Gasteiger partial charge in [0.2, 0.25) is 5.91 Å². The Hall–Kier alpha value is -3.64. The summed E-state index contributed by atoms with van der Waals surface area (Å²) < 4.78 is 0. The lowest BCUT2D eigenvalue weighted by molar-refractivity contribution is -0.137. The fourth-order valence-corrected chi connectivity index (χ4v) is 3.46. The Morgan fingerprint density at radius 1 is 0.875 bits per heavy atom. The van der Waals surface area contributed by atoms with Gasteiger partial charge in [-0.15, -0.1) is 0 Å². The van der Waals surface area contributed by atoms with Crippen molar-refractivity contribution in [3.8, 4) is 11.1 Å². The maximum Gasteiger partial charge on any atom is 0.303 e. The highest BCUT2D eigenvalue weighted by Gasteiger charge is 2.23. The summed E-state index contributed by atoms with van der Waals surface area (Å²) in [6, 6.07) is 22.9. The first kappa shape index (κ1) is 23.0. The maximum absolute atomic E-state index is 12.8. The number of benzene rings is 3. The molecular weight excluding hydrogens is 428 g/mol. The average molecular weight is 451 g/mol. The van der Waals surface area contributed by atoms with Crippen molar-refractivity contribution in [3.63, 3.8) is 0 Å². The van der Waals surface area contributed by atoms with Crippen LogP contribution in [-0.2, 0) is 16.1 Å². The molecule has 0 spiro atoms. The molecule has 0 saturated carbocycles. The zero-order valence-electron chi connectivity index (χ0n) is 17.3. The van der Waals surface area contributed by atoms with Gasteiger partial charge in [0, 0.05) is 13.0 Å². The molecule has 1 atom stereocenters. The Labute approximate surface area is 191 Å². The smallest absolute Gasteiger partial charge is 0.303 e. The lowest BCUT2D eigenvalue weighted by atomic mass is 10.0. The zero-order chi connectivity index (χ0) is 22.9. The van der Waals surface area contributed by atoms with E-state index in [2.05, 4.69) is 10.6 Å². The number of halogens is 1. The highest BCUT2D eigenvalue weighted by atomic mass is 35.5. The van der Waals surface area contributed by atoms with Crippen LogP contribution in [0.4, 0.5) is 0 Å². The monoisotopic (exact) mass is 450 g/mol. The van der Waals surface area contributed by atoms with Crippen molar-refractivity contribution < 1.29 is 19.5 Å². The standard InChI is InChI=1S/C25H23ClN2O4/c26-21-15-19(18-9-5-2-6-10-18)11-12-20(21)24(31)28-22(13-14-23(29)30)25(32)27-16-17-7-3-1-4-8-17/h1-12,15,22H,13-14,16H2,(H,27,32)(H,28,31)(H,29,30)/t22-/m0/s1. The molecule has 3 rings (SSSR count). The molecule has 32 heavy (non-hydrogen) atoms. The topological polar surface area (TPSA) is 95.5 Å². The van der Waals surface area contributed by atoms with Crippen LogP contribution in [0.2, 0.25) is 5.02 Å². The van der Waals surface area contributed by atoms with E-state index in [1.807, 2.05) is 60.7 Å². The molecule has 3 N–H and O–H groups in total. The third-order valence-corrected chi connectivity index (χ3v) is 5.21. The Kier molecular flexibility index (Phi) is 8.00. The van der Waals surface area contributed by atoms with E-state index in [1.165, 1.54) is 0 Å². The molecule has 0 heterocycles. The Morgan fingerprint density at radius 2 is 1.53 bits per heavy atom. The van der Waals surface area contributed by atoms with Crippen LogP contribution in [0.5, 0.6) is 0 Å². The molecule has 164 valence electrons. The molecule has 0 aliphatic rings. The molecule has 7 heteroatoms. The summed E-state index contributed by atoms with van der Waals surface area (Å²) in [5, 5.41) is 14.6. The first-order valence-electron chi connectivity index (χ1n) is 10.1. The predicted molar refractivity (Wildman–Crippen MR) is 123 cm³/mol. The average Bonchev–Trinajstić information content (AvgIpc) is 2.81. The summed E-state index contributed by atoms with van der Waals surface area (Å²) in [6.45, 7) is 0.269. The molecule has 6 nitrogen and oxygen atoms in total. The van der Waals surface area contributed by atoms with Gasteiger partial charge in [-0.1, -0.05) is 78.3 Å². The number of hydrogen-bond donors (Lipinski definition) is 3. The molecule has 0 bridgehead atoms. The summed E-state index contributed by atoms with van der Waals surface area (Å²) in [7, 11) is 0. The van der Waals surface area contributed by atoms with E-state index in [0.29, 0.717) is 0 Å². The summed E-state index contributed by atoms with van der Waals surface area (Å²) >= 11 is 6.35. The number of carboxylic acid groups (broad SMARTS) is 1. The van der Waals surface area contributed by atoms with Gasteiger partial charge in [0.25, 0.3) is 5.91 Å².